The number of rotatable bonds is 1. The van der Waals surface area contributed by atoms with Crippen LogP contribution in [-0.2, 0) is 9.84 Å². The smallest absolute Gasteiger partial charge is 0.254 e. The molecule has 6 heteroatoms. The van der Waals surface area contributed by atoms with E-state index in [1.165, 1.54) is 0 Å². The van der Waals surface area contributed by atoms with E-state index in [0.29, 0.717) is 25.1 Å². The molecule has 0 spiro atoms. The highest BCUT2D eigenvalue weighted by Gasteiger charge is 2.24. The maximum absolute atomic E-state index is 12.5. The van der Waals surface area contributed by atoms with E-state index in [2.05, 4.69) is 22.6 Å². The van der Waals surface area contributed by atoms with Gasteiger partial charge in [-0.2, -0.15) is 0 Å². The van der Waals surface area contributed by atoms with Crippen molar-refractivity contribution in [2.45, 2.75) is 13.3 Å². The Kier molecular flexibility index (Phi) is 4.50. The van der Waals surface area contributed by atoms with E-state index in [-0.39, 0.29) is 17.4 Å². The molecule has 0 atom stereocenters. The second kappa shape index (κ2) is 5.78. The van der Waals surface area contributed by atoms with Gasteiger partial charge < -0.3 is 4.90 Å². The first kappa shape index (κ1) is 14.8. The highest BCUT2D eigenvalue weighted by atomic mass is 127. The predicted octanol–water partition coefficient (Wildman–Crippen LogP) is 1.86. The monoisotopic (exact) mass is 393 g/mol. The zero-order valence-electron chi connectivity index (χ0n) is 10.7. The second-order valence-corrected chi connectivity index (χ2v) is 8.12. The summed E-state index contributed by atoms with van der Waals surface area (Å²) in [5, 5.41) is 0. The van der Waals surface area contributed by atoms with Gasteiger partial charge in [0.2, 0.25) is 0 Å². The van der Waals surface area contributed by atoms with Crippen molar-refractivity contribution >= 4 is 38.3 Å². The first-order valence-electron chi connectivity index (χ1n) is 6.15. The number of carbonyl (C=O) groups excluding carboxylic acids is 1. The van der Waals surface area contributed by atoms with E-state index in [9.17, 15) is 13.2 Å². The molecule has 1 aromatic carbocycles. The fourth-order valence-electron chi connectivity index (χ4n) is 2.12. The van der Waals surface area contributed by atoms with Gasteiger partial charge in [0.25, 0.3) is 5.91 Å². The van der Waals surface area contributed by atoms with Crippen molar-refractivity contribution in [3.05, 3.63) is 32.9 Å². The largest absolute Gasteiger partial charge is 0.338 e. The normalized spacial score (nSPS) is 18.9. The number of aryl methyl sites for hydroxylation is 1. The van der Waals surface area contributed by atoms with Gasteiger partial charge in [-0.15, -0.1) is 0 Å². The number of hydrogen-bond donors (Lipinski definition) is 0. The lowest BCUT2D eigenvalue weighted by atomic mass is 10.1. The summed E-state index contributed by atoms with van der Waals surface area (Å²) in [4.78, 5) is 14.1. The third kappa shape index (κ3) is 3.47. The molecule has 1 aliphatic rings. The Morgan fingerprint density at radius 3 is 2.74 bits per heavy atom. The Balaban J connectivity index is 2.22. The van der Waals surface area contributed by atoms with E-state index < -0.39 is 9.84 Å². The van der Waals surface area contributed by atoms with Gasteiger partial charge in [0, 0.05) is 16.7 Å². The Morgan fingerprint density at radius 1 is 1.26 bits per heavy atom. The van der Waals surface area contributed by atoms with Crippen molar-refractivity contribution in [2.24, 2.45) is 0 Å². The first-order valence-corrected chi connectivity index (χ1v) is 9.05. The Labute approximate surface area is 127 Å². The van der Waals surface area contributed by atoms with Crippen LogP contribution in [0.3, 0.4) is 0 Å². The third-order valence-electron chi connectivity index (χ3n) is 3.27. The molecule has 1 heterocycles. The fourth-order valence-corrected chi connectivity index (χ4v) is 3.99. The van der Waals surface area contributed by atoms with E-state index in [0.717, 1.165) is 9.13 Å². The van der Waals surface area contributed by atoms with Crippen LogP contribution in [0.5, 0.6) is 0 Å². The second-order valence-electron chi connectivity index (χ2n) is 4.73. The van der Waals surface area contributed by atoms with Crippen molar-refractivity contribution < 1.29 is 13.2 Å². The summed E-state index contributed by atoms with van der Waals surface area (Å²) in [6, 6.07) is 5.63. The minimum Gasteiger partial charge on any atom is -0.338 e. The molecule has 104 valence electrons. The van der Waals surface area contributed by atoms with Gasteiger partial charge in [-0.3, -0.25) is 4.79 Å². The topological polar surface area (TPSA) is 54.5 Å². The van der Waals surface area contributed by atoms with Crippen molar-refractivity contribution in [1.82, 2.24) is 4.90 Å². The molecule has 0 radical (unpaired) electrons. The summed E-state index contributed by atoms with van der Waals surface area (Å²) < 4.78 is 24.1. The molecule has 19 heavy (non-hydrogen) atoms. The molecule has 1 aromatic rings. The molecule has 1 amide bonds. The minimum atomic E-state index is -2.98. The maximum Gasteiger partial charge on any atom is 0.254 e. The van der Waals surface area contributed by atoms with E-state index >= 15 is 0 Å². The number of sulfone groups is 1. The van der Waals surface area contributed by atoms with Crippen LogP contribution < -0.4 is 0 Å². The number of amides is 1. The molecule has 0 unspecified atom stereocenters. The van der Waals surface area contributed by atoms with Crippen LogP contribution in [0.25, 0.3) is 0 Å². The van der Waals surface area contributed by atoms with Crippen LogP contribution in [0.1, 0.15) is 22.3 Å². The quantitative estimate of drug-likeness (QED) is 0.685. The molecule has 0 aromatic heterocycles. The standard InChI is InChI=1S/C13H16INO3S/c1-10-4-2-5-11(12(10)14)13(16)15-6-3-8-19(17,18)9-7-15/h2,4-5H,3,6-9H2,1H3. The average Bonchev–Trinajstić information content (AvgIpc) is 2.53. The van der Waals surface area contributed by atoms with Crippen molar-refractivity contribution in [3.8, 4) is 0 Å². The number of benzene rings is 1. The first-order chi connectivity index (χ1) is 8.91. The SMILES string of the molecule is Cc1cccc(C(=O)N2CCCS(=O)(=O)CC2)c1I. The Bertz CT molecular complexity index is 598. The molecular weight excluding hydrogens is 377 g/mol. The lowest BCUT2D eigenvalue weighted by Gasteiger charge is -2.20. The zero-order chi connectivity index (χ0) is 14.0. The van der Waals surface area contributed by atoms with Crippen LogP contribution >= 0.6 is 22.6 Å². The van der Waals surface area contributed by atoms with E-state index in [1.807, 2.05) is 19.1 Å². The van der Waals surface area contributed by atoms with Crippen LogP contribution in [0, 0.1) is 10.5 Å². The minimum absolute atomic E-state index is 0.0646. The van der Waals surface area contributed by atoms with Gasteiger partial charge >= 0.3 is 0 Å². The summed E-state index contributed by atoms with van der Waals surface area (Å²) in [7, 11) is -2.98. The molecule has 1 saturated heterocycles. The Morgan fingerprint density at radius 2 is 2.00 bits per heavy atom. The lowest BCUT2D eigenvalue weighted by Crippen LogP contribution is -2.34. The molecule has 0 aliphatic carbocycles. The molecule has 0 bridgehead atoms. The van der Waals surface area contributed by atoms with Crippen LogP contribution in [0.4, 0.5) is 0 Å². The summed E-state index contributed by atoms with van der Waals surface area (Å²) in [5.74, 6) is 0.188. The molecule has 4 nitrogen and oxygen atoms in total. The molecular formula is C13H16INO3S. The number of halogens is 1. The van der Waals surface area contributed by atoms with Crippen LogP contribution in [0.15, 0.2) is 18.2 Å². The van der Waals surface area contributed by atoms with Gasteiger partial charge in [0.1, 0.15) is 0 Å². The highest BCUT2D eigenvalue weighted by molar-refractivity contribution is 14.1. The molecule has 0 N–H and O–H groups in total. The summed E-state index contributed by atoms with van der Waals surface area (Å²) >= 11 is 2.17. The summed E-state index contributed by atoms with van der Waals surface area (Å²) in [6.07, 6.45) is 0.524. The van der Waals surface area contributed by atoms with Gasteiger partial charge in [0.05, 0.1) is 17.1 Å². The molecule has 1 fully saturated rings. The maximum atomic E-state index is 12.5. The fraction of sp³-hybridized carbons (Fsp3) is 0.462. The van der Waals surface area contributed by atoms with E-state index in [1.54, 1.807) is 11.0 Å². The highest BCUT2D eigenvalue weighted by Crippen LogP contribution is 2.19. The number of carbonyl (C=O) groups is 1. The van der Waals surface area contributed by atoms with Gasteiger partial charge in [-0.05, 0) is 47.6 Å². The average molecular weight is 393 g/mol. The number of nitrogens with zero attached hydrogens (tertiary/aromatic N) is 1. The summed E-state index contributed by atoms with van der Waals surface area (Å²) in [6.45, 7) is 2.78. The van der Waals surface area contributed by atoms with Crippen molar-refractivity contribution in [1.29, 1.82) is 0 Å². The van der Waals surface area contributed by atoms with E-state index in [4.69, 9.17) is 0 Å². The van der Waals surface area contributed by atoms with Crippen molar-refractivity contribution in [2.75, 3.05) is 24.6 Å². The molecule has 2 rings (SSSR count). The van der Waals surface area contributed by atoms with Gasteiger partial charge in [0.15, 0.2) is 9.84 Å². The molecule has 0 saturated carbocycles. The number of hydrogen-bond acceptors (Lipinski definition) is 3. The van der Waals surface area contributed by atoms with Crippen LogP contribution in [-0.4, -0.2) is 43.8 Å². The third-order valence-corrected chi connectivity index (χ3v) is 6.41. The predicted molar refractivity (Wildman–Crippen MR) is 83.1 cm³/mol. The molecule has 1 aliphatic heterocycles. The summed E-state index contributed by atoms with van der Waals surface area (Å²) in [5.41, 5.74) is 1.73. The van der Waals surface area contributed by atoms with Crippen molar-refractivity contribution in [3.63, 3.8) is 0 Å². The van der Waals surface area contributed by atoms with Gasteiger partial charge in [-0.25, -0.2) is 8.42 Å². The van der Waals surface area contributed by atoms with Crippen LogP contribution in [0.2, 0.25) is 0 Å². The Hall–Kier alpha value is -0.630. The van der Waals surface area contributed by atoms with Gasteiger partial charge in [-0.1, -0.05) is 12.1 Å². The lowest BCUT2D eigenvalue weighted by molar-refractivity contribution is 0.0767. The zero-order valence-corrected chi connectivity index (χ0v) is 13.7.